The van der Waals surface area contributed by atoms with Crippen LogP contribution in [-0.4, -0.2) is 41.9 Å². The molecule has 2 amide bonds. The molecule has 2 heterocycles. The highest BCUT2D eigenvalue weighted by Crippen LogP contribution is 2.39. The van der Waals surface area contributed by atoms with Gasteiger partial charge in [-0.1, -0.05) is 0 Å². The van der Waals surface area contributed by atoms with Crippen LogP contribution in [0, 0.1) is 0 Å². The Labute approximate surface area is 156 Å². The fourth-order valence-electron chi connectivity index (χ4n) is 3.59. The quantitative estimate of drug-likeness (QED) is 0.897. The molecule has 1 unspecified atom stereocenters. The summed E-state index contributed by atoms with van der Waals surface area (Å²) in [4.78, 5) is 32.8. The highest BCUT2D eigenvalue weighted by atomic mass is 32.1. The van der Waals surface area contributed by atoms with E-state index in [9.17, 15) is 9.59 Å². The Hall–Kier alpha value is -2.41. The van der Waals surface area contributed by atoms with Gasteiger partial charge in [-0.3, -0.25) is 14.9 Å². The summed E-state index contributed by atoms with van der Waals surface area (Å²) in [7, 11) is 1.59. The number of likely N-dealkylation sites (tertiary alicyclic amines) is 1. The first-order valence-electron chi connectivity index (χ1n) is 8.89. The van der Waals surface area contributed by atoms with Crippen LogP contribution in [0.5, 0.6) is 5.75 Å². The van der Waals surface area contributed by atoms with Crippen LogP contribution >= 0.6 is 11.3 Å². The number of hydrogen-bond donors (Lipinski definition) is 1. The summed E-state index contributed by atoms with van der Waals surface area (Å²) < 4.78 is 5.11. The number of fused-ring (bicyclic) bond motifs is 1. The highest BCUT2D eigenvalue weighted by molar-refractivity contribution is 7.16. The van der Waals surface area contributed by atoms with Crippen molar-refractivity contribution in [3.8, 4) is 5.75 Å². The molecule has 1 aromatic carbocycles. The number of nitrogens with one attached hydrogen (secondary N) is 1. The number of thiazole rings is 1. The predicted octanol–water partition coefficient (Wildman–Crippen LogP) is 3.06. The SMILES string of the molecule is COc1ccc(C(=O)Nc2nc3c(s2)CCC3C(=O)N2CCCC2)cc1. The lowest BCUT2D eigenvalue weighted by Crippen LogP contribution is -2.32. The number of methoxy groups -OCH3 is 1. The molecule has 2 aromatic rings. The van der Waals surface area contributed by atoms with E-state index in [-0.39, 0.29) is 17.7 Å². The maximum atomic E-state index is 12.7. The van der Waals surface area contributed by atoms with Crippen LogP contribution in [0.2, 0.25) is 0 Å². The van der Waals surface area contributed by atoms with Crippen LogP contribution in [0.15, 0.2) is 24.3 Å². The number of hydrogen-bond acceptors (Lipinski definition) is 5. The van der Waals surface area contributed by atoms with Gasteiger partial charge in [-0.05, 0) is 49.9 Å². The topological polar surface area (TPSA) is 71.5 Å². The van der Waals surface area contributed by atoms with Crippen molar-refractivity contribution < 1.29 is 14.3 Å². The van der Waals surface area contributed by atoms with E-state index in [1.54, 1.807) is 31.4 Å². The molecule has 0 saturated carbocycles. The van der Waals surface area contributed by atoms with E-state index in [0.29, 0.717) is 16.4 Å². The third kappa shape index (κ3) is 3.19. The number of anilines is 1. The van der Waals surface area contributed by atoms with E-state index in [1.165, 1.54) is 11.3 Å². The van der Waals surface area contributed by atoms with E-state index in [0.717, 1.165) is 49.3 Å². The highest BCUT2D eigenvalue weighted by Gasteiger charge is 2.36. The van der Waals surface area contributed by atoms with Gasteiger partial charge in [0.2, 0.25) is 5.91 Å². The Morgan fingerprint density at radius 3 is 2.65 bits per heavy atom. The summed E-state index contributed by atoms with van der Waals surface area (Å²) >= 11 is 1.48. The first kappa shape index (κ1) is 17.0. The van der Waals surface area contributed by atoms with Crippen molar-refractivity contribution in [2.75, 3.05) is 25.5 Å². The molecule has 0 radical (unpaired) electrons. The van der Waals surface area contributed by atoms with Crippen molar-refractivity contribution in [3.63, 3.8) is 0 Å². The van der Waals surface area contributed by atoms with Crippen molar-refractivity contribution in [3.05, 3.63) is 40.4 Å². The Bertz CT molecular complexity index is 825. The molecule has 0 spiro atoms. The fraction of sp³-hybridized carbons (Fsp3) is 0.421. The zero-order valence-corrected chi connectivity index (χ0v) is 15.5. The Morgan fingerprint density at radius 1 is 1.23 bits per heavy atom. The molecule has 7 heteroatoms. The van der Waals surface area contributed by atoms with Gasteiger partial charge in [0, 0.05) is 23.5 Å². The standard InChI is InChI=1S/C19H21N3O3S/c1-25-13-6-4-12(5-7-13)17(23)21-19-20-16-14(8-9-15(16)26-19)18(24)22-10-2-3-11-22/h4-7,14H,2-3,8-11H2,1H3,(H,20,21,23). The molecule has 26 heavy (non-hydrogen) atoms. The van der Waals surface area contributed by atoms with Crippen LogP contribution in [0.4, 0.5) is 5.13 Å². The van der Waals surface area contributed by atoms with Crippen molar-refractivity contribution >= 4 is 28.3 Å². The second-order valence-electron chi connectivity index (χ2n) is 6.63. The number of benzene rings is 1. The first-order valence-corrected chi connectivity index (χ1v) is 9.71. The largest absolute Gasteiger partial charge is 0.497 e. The van der Waals surface area contributed by atoms with Gasteiger partial charge < -0.3 is 9.64 Å². The summed E-state index contributed by atoms with van der Waals surface area (Å²) in [5.41, 5.74) is 1.41. The molecule has 1 N–H and O–H groups in total. The minimum atomic E-state index is -0.206. The second kappa shape index (κ2) is 7.07. The van der Waals surface area contributed by atoms with Crippen molar-refractivity contribution in [1.29, 1.82) is 0 Å². The number of aromatic nitrogens is 1. The van der Waals surface area contributed by atoms with Crippen molar-refractivity contribution in [2.24, 2.45) is 0 Å². The molecule has 1 fully saturated rings. The molecule has 136 valence electrons. The lowest BCUT2D eigenvalue weighted by atomic mass is 10.1. The molecule has 1 saturated heterocycles. The zero-order chi connectivity index (χ0) is 18.1. The zero-order valence-electron chi connectivity index (χ0n) is 14.7. The molecule has 2 aliphatic rings. The van der Waals surface area contributed by atoms with Crippen LogP contribution in [-0.2, 0) is 11.2 Å². The Morgan fingerprint density at radius 2 is 1.96 bits per heavy atom. The monoisotopic (exact) mass is 371 g/mol. The summed E-state index contributed by atoms with van der Waals surface area (Å²) in [6.45, 7) is 1.71. The van der Waals surface area contributed by atoms with Crippen molar-refractivity contribution in [2.45, 2.75) is 31.6 Å². The Balaban J connectivity index is 1.47. The van der Waals surface area contributed by atoms with Gasteiger partial charge in [0.15, 0.2) is 5.13 Å². The fourth-order valence-corrected chi connectivity index (χ4v) is 4.62. The Kier molecular flexibility index (Phi) is 4.63. The number of carbonyl (C=O) groups excluding carboxylic acids is 2. The van der Waals surface area contributed by atoms with Gasteiger partial charge >= 0.3 is 0 Å². The van der Waals surface area contributed by atoms with Gasteiger partial charge in [-0.2, -0.15) is 0 Å². The summed E-state index contributed by atoms with van der Waals surface area (Å²) in [5.74, 6) is 0.547. The molecule has 0 bridgehead atoms. The average Bonchev–Trinajstić information content (AvgIpc) is 3.38. The third-order valence-corrected chi connectivity index (χ3v) is 6.05. The molecular weight excluding hydrogens is 350 g/mol. The van der Waals surface area contributed by atoms with Crippen LogP contribution in [0.3, 0.4) is 0 Å². The molecule has 1 aromatic heterocycles. The first-order chi connectivity index (χ1) is 12.7. The van der Waals surface area contributed by atoms with E-state index in [2.05, 4.69) is 10.3 Å². The van der Waals surface area contributed by atoms with Crippen LogP contribution in [0.25, 0.3) is 0 Å². The number of ether oxygens (including phenoxy) is 1. The van der Waals surface area contributed by atoms with E-state index in [4.69, 9.17) is 4.74 Å². The predicted molar refractivity (Wildman–Crippen MR) is 99.9 cm³/mol. The average molecular weight is 371 g/mol. The number of rotatable bonds is 4. The number of amides is 2. The molecule has 1 aliphatic carbocycles. The second-order valence-corrected chi connectivity index (χ2v) is 7.72. The maximum Gasteiger partial charge on any atom is 0.257 e. The molecule has 1 aliphatic heterocycles. The van der Waals surface area contributed by atoms with Crippen LogP contribution in [0.1, 0.15) is 46.1 Å². The lowest BCUT2D eigenvalue weighted by molar-refractivity contribution is -0.131. The summed E-state index contributed by atoms with van der Waals surface area (Å²) in [6, 6.07) is 6.94. The smallest absolute Gasteiger partial charge is 0.257 e. The van der Waals surface area contributed by atoms with Crippen molar-refractivity contribution in [1.82, 2.24) is 9.88 Å². The molecule has 1 atom stereocenters. The van der Waals surface area contributed by atoms with Gasteiger partial charge in [-0.25, -0.2) is 4.98 Å². The lowest BCUT2D eigenvalue weighted by Gasteiger charge is -2.19. The maximum absolute atomic E-state index is 12.7. The molecule has 6 nitrogen and oxygen atoms in total. The van der Waals surface area contributed by atoms with E-state index in [1.807, 2.05) is 4.90 Å². The van der Waals surface area contributed by atoms with Gasteiger partial charge in [-0.15, -0.1) is 11.3 Å². The normalized spacial score (nSPS) is 18.7. The van der Waals surface area contributed by atoms with E-state index >= 15 is 0 Å². The van der Waals surface area contributed by atoms with Gasteiger partial charge in [0.25, 0.3) is 5.91 Å². The molecule has 4 rings (SSSR count). The van der Waals surface area contributed by atoms with Gasteiger partial charge in [0.1, 0.15) is 5.75 Å². The molecular formula is C19H21N3O3S. The van der Waals surface area contributed by atoms with E-state index < -0.39 is 0 Å². The summed E-state index contributed by atoms with van der Waals surface area (Å²) in [6.07, 6.45) is 3.86. The third-order valence-electron chi connectivity index (χ3n) is 5.01. The minimum Gasteiger partial charge on any atom is -0.497 e. The number of carbonyl (C=O) groups is 2. The summed E-state index contributed by atoms with van der Waals surface area (Å²) in [5, 5.41) is 3.42. The van der Waals surface area contributed by atoms with Crippen LogP contribution < -0.4 is 10.1 Å². The van der Waals surface area contributed by atoms with Gasteiger partial charge in [0.05, 0.1) is 18.7 Å². The minimum absolute atomic E-state index is 0.147. The number of nitrogens with zero attached hydrogens (tertiary/aromatic N) is 2. The number of aryl methyl sites for hydroxylation is 1.